The Kier molecular flexibility index (Phi) is 12.1. The average molecular weight is 289 g/mol. The lowest BCUT2D eigenvalue weighted by atomic mass is 10.2. The number of carbonyl (C=O) groups is 2. The van der Waals surface area contributed by atoms with E-state index in [0.717, 1.165) is 26.1 Å². The zero-order valence-electron chi connectivity index (χ0n) is 12.0. The maximum atomic E-state index is 9.90. The van der Waals surface area contributed by atoms with Crippen LogP contribution < -0.4 is 11.1 Å². The van der Waals surface area contributed by atoms with Crippen molar-refractivity contribution in [2.75, 3.05) is 39.3 Å². The minimum absolute atomic E-state index is 0.0628. The first-order chi connectivity index (χ1) is 9.56. The van der Waals surface area contributed by atoms with Gasteiger partial charge in [0.25, 0.3) is 0 Å². The largest absolute Gasteiger partial charge is 0.481 e. The van der Waals surface area contributed by atoms with Crippen molar-refractivity contribution in [3.8, 4) is 0 Å². The van der Waals surface area contributed by atoms with Crippen molar-refractivity contribution in [1.29, 1.82) is 0 Å². The van der Waals surface area contributed by atoms with E-state index in [9.17, 15) is 9.59 Å². The van der Waals surface area contributed by atoms with Crippen molar-refractivity contribution in [3.05, 3.63) is 0 Å². The Morgan fingerprint density at radius 3 is 1.90 bits per heavy atom. The summed E-state index contributed by atoms with van der Waals surface area (Å²) in [5.41, 5.74) is 5.40. The zero-order valence-corrected chi connectivity index (χ0v) is 12.0. The van der Waals surface area contributed by atoms with Crippen molar-refractivity contribution in [2.24, 2.45) is 5.73 Å². The third-order valence-corrected chi connectivity index (χ3v) is 2.92. The molecule has 0 bridgehead atoms. The molecular formula is C13H27N3O4. The number of nitrogens with zero attached hydrogens (tertiary/aromatic N) is 1. The summed E-state index contributed by atoms with van der Waals surface area (Å²) in [6, 6.07) is 0. The molecule has 0 radical (unpaired) electrons. The zero-order chi connectivity index (χ0) is 15.2. The maximum Gasteiger partial charge on any atom is 0.303 e. The van der Waals surface area contributed by atoms with E-state index in [0.29, 0.717) is 12.8 Å². The number of aliphatic carboxylic acids is 2. The molecule has 1 aliphatic heterocycles. The summed E-state index contributed by atoms with van der Waals surface area (Å²) < 4.78 is 0. The first kappa shape index (κ1) is 18.8. The van der Waals surface area contributed by atoms with Gasteiger partial charge in [0.05, 0.1) is 0 Å². The van der Waals surface area contributed by atoms with Gasteiger partial charge in [0, 0.05) is 39.0 Å². The van der Waals surface area contributed by atoms with Gasteiger partial charge in [0.15, 0.2) is 0 Å². The molecule has 0 aromatic heterocycles. The van der Waals surface area contributed by atoms with E-state index in [-0.39, 0.29) is 12.8 Å². The maximum absolute atomic E-state index is 9.90. The number of piperazine rings is 1. The van der Waals surface area contributed by atoms with Crippen molar-refractivity contribution in [2.45, 2.75) is 32.1 Å². The minimum Gasteiger partial charge on any atom is -0.481 e. The number of hydrogen-bond acceptors (Lipinski definition) is 5. The lowest BCUT2D eigenvalue weighted by Gasteiger charge is -2.26. The molecule has 0 saturated carbocycles. The van der Waals surface area contributed by atoms with E-state index in [4.69, 9.17) is 15.9 Å². The Bertz CT molecular complexity index is 252. The molecule has 0 aliphatic carbocycles. The van der Waals surface area contributed by atoms with Crippen LogP contribution in [0.2, 0.25) is 0 Å². The Morgan fingerprint density at radius 1 is 1.00 bits per heavy atom. The molecule has 0 spiro atoms. The highest BCUT2D eigenvalue weighted by Gasteiger charge is 2.07. The van der Waals surface area contributed by atoms with Crippen molar-refractivity contribution >= 4 is 11.9 Å². The fraction of sp³-hybridized carbons (Fsp3) is 0.846. The first-order valence-corrected chi connectivity index (χ1v) is 7.13. The van der Waals surface area contributed by atoms with Crippen LogP contribution in [0.1, 0.15) is 32.1 Å². The van der Waals surface area contributed by atoms with E-state index in [2.05, 4.69) is 10.2 Å². The smallest absolute Gasteiger partial charge is 0.303 e. The average Bonchev–Trinajstić information content (AvgIpc) is 2.43. The lowest BCUT2D eigenvalue weighted by molar-refractivity contribution is -0.139. The predicted octanol–water partition coefficient (Wildman–Crippen LogP) is -0.0436. The second-order valence-electron chi connectivity index (χ2n) is 4.73. The molecule has 1 fully saturated rings. The highest BCUT2D eigenvalue weighted by molar-refractivity contribution is 5.67. The molecule has 7 heteroatoms. The number of carboxylic acid groups (broad SMARTS) is 2. The number of rotatable bonds is 8. The number of unbranched alkanes of at least 4 members (excludes halogenated alkanes) is 1. The van der Waals surface area contributed by atoms with Crippen LogP contribution in [-0.2, 0) is 9.59 Å². The molecule has 0 aromatic rings. The van der Waals surface area contributed by atoms with Crippen LogP contribution in [0.15, 0.2) is 0 Å². The summed E-state index contributed by atoms with van der Waals surface area (Å²) in [4.78, 5) is 22.3. The SMILES string of the molecule is NCCCN1CCNCC1.O=C(O)CCCCC(=O)O. The van der Waals surface area contributed by atoms with Gasteiger partial charge in [-0.2, -0.15) is 0 Å². The van der Waals surface area contributed by atoms with Crippen LogP contribution in [0.4, 0.5) is 0 Å². The molecule has 20 heavy (non-hydrogen) atoms. The van der Waals surface area contributed by atoms with Gasteiger partial charge in [-0.3, -0.25) is 9.59 Å². The van der Waals surface area contributed by atoms with Gasteiger partial charge < -0.3 is 26.2 Å². The molecular weight excluding hydrogens is 262 g/mol. The lowest BCUT2D eigenvalue weighted by Crippen LogP contribution is -2.44. The molecule has 0 aromatic carbocycles. The summed E-state index contributed by atoms with van der Waals surface area (Å²) in [5.74, 6) is -1.74. The summed E-state index contributed by atoms with van der Waals surface area (Å²) in [6.07, 6.45) is 2.16. The second kappa shape index (κ2) is 12.8. The standard InChI is InChI=1S/C7H17N3.C6H10O4/c8-2-1-5-10-6-3-9-4-7-10;7-5(8)3-1-2-4-6(9)10/h9H,1-8H2;1-4H2,(H,7,8)(H,9,10). The number of nitrogens with two attached hydrogens (primary N) is 1. The molecule has 0 atom stereocenters. The molecule has 0 unspecified atom stereocenters. The first-order valence-electron chi connectivity index (χ1n) is 7.13. The van der Waals surface area contributed by atoms with Crippen LogP contribution in [-0.4, -0.2) is 66.3 Å². The van der Waals surface area contributed by atoms with Crippen LogP contribution in [0.25, 0.3) is 0 Å². The molecule has 1 rings (SSSR count). The normalized spacial score (nSPS) is 15.2. The second-order valence-corrected chi connectivity index (χ2v) is 4.73. The minimum atomic E-state index is -0.870. The number of carboxylic acids is 2. The molecule has 7 nitrogen and oxygen atoms in total. The molecule has 0 amide bonds. The summed E-state index contributed by atoms with van der Waals surface area (Å²) in [5, 5.41) is 19.6. The third kappa shape index (κ3) is 13.3. The number of nitrogens with one attached hydrogen (secondary N) is 1. The summed E-state index contributed by atoms with van der Waals surface area (Å²) in [7, 11) is 0. The fourth-order valence-electron chi connectivity index (χ4n) is 1.80. The van der Waals surface area contributed by atoms with Gasteiger partial charge in [-0.15, -0.1) is 0 Å². The van der Waals surface area contributed by atoms with Gasteiger partial charge in [-0.25, -0.2) is 0 Å². The third-order valence-electron chi connectivity index (χ3n) is 2.92. The van der Waals surface area contributed by atoms with Gasteiger partial charge in [0.2, 0.25) is 0 Å². The number of hydrogen-bond donors (Lipinski definition) is 4. The molecule has 5 N–H and O–H groups in total. The molecule has 118 valence electrons. The topological polar surface area (TPSA) is 116 Å². The quantitative estimate of drug-likeness (QED) is 0.463. The molecule has 1 aliphatic rings. The van der Waals surface area contributed by atoms with Gasteiger partial charge in [-0.05, 0) is 32.4 Å². The highest BCUT2D eigenvalue weighted by atomic mass is 16.4. The van der Waals surface area contributed by atoms with Crippen LogP contribution >= 0.6 is 0 Å². The van der Waals surface area contributed by atoms with Crippen LogP contribution in [0.3, 0.4) is 0 Å². The van der Waals surface area contributed by atoms with Gasteiger partial charge >= 0.3 is 11.9 Å². The Hall–Kier alpha value is -1.18. The van der Waals surface area contributed by atoms with Crippen molar-refractivity contribution < 1.29 is 19.8 Å². The van der Waals surface area contributed by atoms with Crippen molar-refractivity contribution in [3.63, 3.8) is 0 Å². The Morgan fingerprint density at radius 2 is 1.50 bits per heavy atom. The van der Waals surface area contributed by atoms with E-state index in [1.54, 1.807) is 0 Å². The van der Waals surface area contributed by atoms with Gasteiger partial charge in [0.1, 0.15) is 0 Å². The Balaban J connectivity index is 0.000000361. The van der Waals surface area contributed by atoms with E-state index in [1.165, 1.54) is 19.6 Å². The van der Waals surface area contributed by atoms with E-state index < -0.39 is 11.9 Å². The fourth-order valence-corrected chi connectivity index (χ4v) is 1.80. The predicted molar refractivity (Wildman–Crippen MR) is 76.7 cm³/mol. The summed E-state index contributed by atoms with van der Waals surface area (Å²) in [6.45, 7) is 6.68. The summed E-state index contributed by atoms with van der Waals surface area (Å²) >= 11 is 0. The van der Waals surface area contributed by atoms with E-state index >= 15 is 0 Å². The van der Waals surface area contributed by atoms with Gasteiger partial charge in [-0.1, -0.05) is 0 Å². The monoisotopic (exact) mass is 289 g/mol. The van der Waals surface area contributed by atoms with Crippen LogP contribution in [0.5, 0.6) is 0 Å². The Labute approximate surface area is 120 Å². The van der Waals surface area contributed by atoms with E-state index in [1.807, 2.05) is 0 Å². The van der Waals surface area contributed by atoms with Crippen molar-refractivity contribution in [1.82, 2.24) is 10.2 Å². The highest BCUT2D eigenvalue weighted by Crippen LogP contribution is 1.98. The molecule has 1 heterocycles. The van der Waals surface area contributed by atoms with Crippen LogP contribution in [0, 0.1) is 0 Å². The molecule has 1 saturated heterocycles.